The van der Waals surface area contributed by atoms with Gasteiger partial charge in [0.25, 0.3) is 5.56 Å². The van der Waals surface area contributed by atoms with Crippen LogP contribution in [0, 0.1) is 11.6 Å². The SMILES string of the molecule is CC(C)n1c(N2CCC(NC(=O)CN)C2)nc(OCc2ccc(F)cc2F)c(Br)c1=O. The maximum Gasteiger partial charge on any atom is 0.273 e. The van der Waals surface area contributed by atoms with Crippen molar-refractivity contribution in [2.24, 2.45) is 5.73 Å². The Morgan fingerprint density at radius 1 is 1.42 bits per heavy atom. The summed E-state index contributed by atoms with van der Waals surface area (Å²) in [7, 11) is 0. The summed E-state index contributed by atoms with van der Waals surface area (Å²) in [4.78, 5) is 31.0. The zero-order chi connectivity index (χ0) is 22.7. The summed E-state index contributed by atoms with van der Waals surface area (Å²) >= 11 is 3.24. The van der Waals surface area contributed by atoms with E-state index in [-0.39, 0.29) is 52.6 Å². The molecule has 3 N–H and O–H groups in total. The number of halogens is 3. The molecule has 1 fully saturated rings. The highest BCUT2D eigenvalue weighted by Gasteiger charge is 2.29. The predicted molar refractivity (Wildman–Crippen MR) is 115 cm³/mol. The number of nitrogens with two attached hydrogens (primary N) is 1. The van der Waals surface area contributed by atoms with E-state index in [0.29, 0.717) is 25.5 Å². The van der Waals surface area contributed by atoms with Crippen molar-refractivity contribution in [2.45, 2.75) is 39.0 Å². The molecule has 2 heterocycles. The molecule has 1 amide bonds. The molecular formula is C20H24BrF2N5O3. The minimum atomic E-state index is -0.745. The van der Waals surface area contributed by atoms with Crippen LogP contribution in [0.4, 0.5) is 14.7 Å². The first kappa shape index (κ1) is 23.1. The fraction of sp³-hybridized carbons (Fsp3) is 0.450. The minimum absolute atomic E-state index is 0.00932. The number of rotatable bonds is 7. The van der Waals surface area contributed by atoms with Crippen molar-refractivity contribution in [1.82, 2.24) is 14.9 Å². The first-order valence-electron chi connectivity index (χ1n) is 9.84. The van der Waals surface area contributed by atoms with Crippen molar-refractivity contribution >= 4 is 27.8 Å². The van der Waals surface area contributed by atoms with E-state index < -0.39 is 11.6 Å². The third kappa shape index (κ3) is 5.21. The number of nitrogens with zero attached hydrogens (tertiary/aromatic N) is 3. The quantitative estimate of drug-likeness (QED) is 0.604. The molecule has 8 nitrogen and oxygen atoms in total. The van der Waals surface area contributed by atoms with Crippen LogP contribution in [0.25, 0.3) is 0 Å². The van der Waals surface area contributed by atoms with Crippen LogP contribution in [0.2, 0.25) is 0 Å². The molecule has 168 valence electrons. The largest absolute Gasteiger partial charge is 0.472 e. The van der Waals surface area contributed by atoms with Crippen LogP contribution < -0.4 is 26.2 Å². The highest BCUT2D eigenvalue weighted by Crippen LogP contribution is 2.28. The maximum atomic E-state index is 13.9. The Labute approximate surface area is 186 Å². The third-order valence-electron chi connectivity index (χ3n) is 4.93. The van der Waals surface area contributed by atoms with Crippen LogP contribution in [0.3, 0.4) is 0 Å². The highest BCUT2D eigenvalue weighted by atomic mass is 79.9. The summed E-state index contributed by atoms with van der Waals surface area (Å²) < 4.78 is 34.3. The number of amides is 1. The number of benzene rings is 1. The van der Waals surface area contributed by atoms with Gasteiger partial charge in [0.2, 0.25) is 17.7 Å². The summed E-state index contributed by atoms with van der Waals surface area (Å²) in [5, 5.41) is 2.84. The first-order chi connectivity index (χ1) is 14.7. The molecule has 0 radical (unpaired) electrons. The number of anilines is 1. The van der Waals surface area contributed by atoms with E-state index >= 15 is 0 Å². The van der Waals surface area contributed by atoms with Crippen LogP contribution in [0.5, 0.6) is 5.88 Å². The summed E-state index contributed by atoms with van der Waals surface area (Å²) in [6.07, 6.45) is 0.673. The Hall–Kier alpha value is -2.53. The molecule has 1 aromatic carbocycles. The van der Waals surface area contributed by atoms with E-state index in [2.05, 4.69) is 26.2 Å². The zero-order valence-electron chi connectivity index (χ0n) is 17.2. The molecule has 0 saturated carbocycles. The Balaban J connectivity index is 1.89. The molecule has 2 aromatic rings. The van der Waals surface area contributed by atoms with Gasteiger partial charge in [-0.15, -0.1) is 0 Å². The van der Waals surface area contributed by atoms with Crippen molar-refractivity contribution in [3.63, 3.8) is 0 Å². The Morgan fingerprint density at radius 3 is 2.81 bits per heavy atom. The second kappa shape index (κ2) is 9.73. The molecule has 1 saturated heterocycles. The fourth-order valence-corrected chi connectivity index (χ4v) is 3.79. The molecule has 1 unspecified atom stereocenters. The second-order valence-corrected chi connectivity index (χ2v) is 8.32. The lowest BCUT2D eigenvalue weighted by atomic mass is 10.2. The minimum Gasteiger partial charge on any atom is -0.472 e. The van der Waals surface area contributed by atoms with Gasteiger partial charge in [-0.05, 0) is 48.3 Å². The van der Waals surface area contributed by atoms with Crippen molar-refractivity contribution < 1.29 is 18.3 Å². The molecule has 0 spiro atoms. The summed E-state index contributed by atoms with van der Waals surface area (Å²) in [5.41, 5.74) is 5.15. The number of carbonyl (C=O) groups excluding carboxylic acids is 1. The summed E-state index contributed by atoms with van der Waals surface area (Å²) in [6.45, 7) is 4.43. The van der Waals surface area contributed by atoms with Crippen LogP contribution in [-0.2, 0) is 11.4 Å². The lowest BCUT2D eigenvalue weighted by Crippen LogP contribution is -2.41. The van der Waals surface area contributed by atoms with E-state index in [9.17, 15) is 18.4 Å². The van der Waals surface area contributed by atoms with Gasteiger partial charge in [-0.25, -0.2) is 8.78 Å². The van der Waals surface area contributed by atoms with Gasteiger partial charge in [-0.3, -0.25) is 14.2 Å². The lowest BCUT2D eigenvalue weighted by molar-refractivity contribution is -0.120. The molecule has 3 rings (SSSR count). The van der Waals surface area contributed by atoms with Crippen molar-refractivity contribution in [1.29, 1.82) is 0 Å². The van der Waals surface area contributed by atoms with Gasteiger partial charge in [0, 0.05) is 36.8 Å². The van der Waals surface area contributed by atoms with E-state index in [0.717, 1.165) is 12.1 Å². The molecule has 0 bridgehead atoms. The molecule has 1 aromatic heterocycles. The fourth-order valence-electron chi connectivity index (χ4n) is 3.40. The summed E-state index contributed by atoms with van der Waals surface area (Å²) in [5.74, 6) is -1.28. The Bertz CT molecular complexity index is 1030. The number of aromatic nitrogens is 2. The van der Waals surface area contributed by atoms with Gasteiger partial charge in [-0.1, -0.05) is 0 Å². The smallest absolute Gasteiger partial charge is 0.273 e. The predicted octanol–water partition coefficient (Wildman–Crippen LogP) is 2.10. The van der Waals surface area contributed by atoms with Crippen molar-refractivity contribution in [2.75, 3.05) is 24.5 Å². The van der Waals surface area contributed by atoms with E-state index in [4.69, 9.17) is 10.5 Å². The van der Waals surface area contributed by atoms with Gasteiger partial charge in [-0.2, -0.15) is 4.98 Å². The van der Waals surface area contributed by atoms with E-state index in [1.54, 1.807) is 0 Å². The number of hydrogen-bond acceptors (Lipinski definition) is 6. The van der Waals surface area contributed by atoms with Gasteiger partial charge in [0.1, 0.15) is 22.7 Å². The monoisotopic (exact) mass is 499 g/mol. The molecule has 31 heavy (non-hydrogen) atoms. The highest BCUT2D eigenvalue weighted by molar-refractivity contribution is 9.10. The number of ether oxygens (including phenoxy) is 1. The average Bonchev–Trinajstić information content (AvgIpc) is 3.17. The zero-order valence-corrected chi connectivity index (χ0v) is 18.8. The molecular weight excluding hydrogens is 476 g/mol. The van der Waals surface area contributed by atoms with Gasteiger partial charge >= 0.3 is 0 Å². The van der Waals surface area contributed by atoms with Gasteiger partial charge in [0.15, 0.2) is 0 Å². The van der Waals surface area contributed by atoms with Crippen LogP contribution in [-0.4, -0.2) is 41.1 Å². The Morgan fingerprint density at radius 2 is 2.16 bits per heavy atom. The molecule has 0 aliphatic carbocycles. The topological polar surface area (TPSA) is 102 Å². The van der Waals surface area contributed by atoms with Crippen molar-refractivity contribution in [3.05, 3.63) is 50.2 Å². The first-order valence-corrected chi connectivity index (χ1v) is 10.6. The summed E-state index contributed by atoms with van der Waals surface area (Å²) in [6, 6.07) is 2.87. The van der Waals surface area contributed by atoms with E-state index in [1.807, 2.05) is 18.7 Å². The number of hydrogen-bond donors (Lipinski definition) is 2. The van der Waals surface area contributed by atoms with E-state index in [1.165, 1.54) is 10.6 Å². The standard InChI is InChI=1S/C20H24BrF2N5O3/c1-11(2)28-19(30)17(21)18(31-10-12-3-4-13(22)7-15(12)23)26-20(28)27-6-5-14(9-27)25-16(29)8-24/h3-4,7,11,14H,5-6,8-10,24H2,1-2H3,(H,25,29). The molecule has 1 aliphatic heterocycles. The average molecular weight is 500 g/mol. The maximum absolute atomic E-state index is 13.9. The molecule has 11 heteroatoms. The number of carbonyl (C=O) groups is 1. The van der Waals surface area contributed by atoms with Crippen molar-refractivity contribution in [3.8, 4) is 5.88 Å². The van der Waals surface area contributed by atoms with Gasteiger partial charge < -0.3 is 20.7 Å². The second-order valence-electron chi connectivity index (χ2n) is 7.53. The normalized spacial score (nSPS) is 16.1. The molecule has 1 aliphatic rings. The Kier molecular flexibility index (Phi) is 7.26. The van der Waals surface area contributed by atoms with Crippen LogP contribution in [0.1, 0.15) is 31.9 Å². The third-order valence-corrected chi connectivity index (χ3v) is 5.61. The van der Waals surface area contributed by atoms with Gasteiger partial charge in [0.05, 0.1) is 6.54 Å². The number of nitrogens with one attached hydrogen (secondary N) is 1. The van der Waals surface area contributed by atoms with Crippen LogP contribution >= 0.6 is 15.9 Å². The molecule has 1 atom stereocenters. The van der Waals surface area contributed by atoms with Crippen LogP contribution in [0.15, 0.2) is 27.5 Å². The lowest BCUT2D eigenvalue weighted by Gasteiger charge is -2.25.